The summed E-state index contributed by atoms with van der Waals surface area (Å²) in [6.07, 6.45) is 0.528. The Kier molecular flexibility index (Phi) is 2.36. The number of aromatic nitrogens is 2. The molecule has 3 rings (SSSR count). The van der Waals surface area contributed by atoms with Crippen LogP contribution < -0.4 is 0 Å². The average molecular weight is 248 g/mol. The molecular formula is C12H9FN2O3. The molecular weight excluding hydrogens is 239 g/mol. The summed E-state index contributed by atoms with van der Waals surface area (Å²) in [4.78, 5) is 14.9. The number of halogens is 1. The molecule has 1 heterocycles. The summed E-state index contributed by atoms with van der Waals surface area (Å²) in [5.41, 5.74) is 0.638. The molecule has 1 aliphatic rings. The maximum atomic E-state index is 12.8. The molecule has 1 fully saturated rings. The molecule has 1 aliphatic carbocycles. The van der Waals surface area contributed by atoms with E-state index in [1.165, 1.54) is 12.1 Å². The van der Waals surface area contributed by atoms with Gasteiger partial charge in [-0.3, -0.25) is 4.79 Å². The molecule has 0 aliphatic heterocycles. The minimum Gasteiger partial charge on any atom is -0.481 e. The fraction of sp³-hybridized carbons (Fsp3) is 0.250. The van der Waals surface area contributed by atoms with Gasteiger partial charge in [-0.2, -0.15) is 4.98 Å². The third kappa shape index (κ3) is 1.85. The third-order valence-corrected chi connectivity index (χ3v) is 2.97. The Morgan fingerprint density at radius 2 is 2.11 bits per heavy atom. The molecule has 0 amide bonds. The summed E-state index contributed by atoms with van der Waals surface area (Å²) in [6.45, 7) is 0. The Morgan fingerprint density at radius 1 is 1.39 bits per heavy atom. The van der Waals surface area contributed by atoms with E-state index in [1.807, 2.05) is 0 Å². The van der Waals surface area contributed by atoms with E-state index in [2.05, 4.69) is 10.1 Å². The molecule has 1 saturated carbocycles. The largest absolute Gasteiger partial charge is 0.481 e. The van der Waals surface area contributed by atoms with Crippen molar-refractivity contribution in [1.29, 1.82) is 0 Å². The van der Waals surface area contributed by atoms with E-state index in [9.17, 15) is 9.18 Å². The first-order chi connectivity index (χ1) is 8.65. The van der Waals surface area contributed by atoms with Gasteiger partial charge in [-0.25, -0.2) is 4.39 Å². The number of nitrogens with zero attached hydrogens (tertiary/aromatic N) is 2. The van der Waals surface area contributed by atoms with Crippen LogP contribution in [-0.4, -0.2) is 21.2 Å². The monoisotopic (exact) mass is 248 g/mol. The Balaban J connectivity index is 1.82. The standard InChI is InChI=1S/C12H9FN2O3/c13-7-3-1-6(2-4-7)10-14-11(18-15-10)8-5-9(8)12(16)17/h1-4,8-9H,5H2,(H,16,17). The number of carboxylic acid groups (broad SMARTS) is 1. The molecule has 1 N–H and O–H groups in total. The zero-order chi connectivity index (χ0) is 12.7. The molecule has 18 heavy (non-hydrogen) atoms. The second kappa shape index (κ2) is 3.90. The molecule has 2 atom stereocenters. The first kappa shape index (κ1) is 10.9. The van der Waals surface area contributed by atoms with Crippen LogP contribution in [0.3, 0.4) is 0 Å². The Morgan fingerprint density at radius 3 is 2.72 bits per heavy atom. The molecule has 5 nitrogen and oxygen atoms in total. The van der Waals surface area contributed by atoms with E-state index < -0.39 is 11.9 Å². The zero-order valence-corrected chi connectivity index (χ0v) is 9.21. The van der Waals surface area contributed by atoms with Gasteiger partial charge < -0.3 is 9.63 Å². The fourth-order valence-corrected chi connectivity index (χ4v) is 1.84. The summed E-state index contributed by atoms with van der Waals surface area (Å²) in [5.74, 6) is -1.12. The molecule has 0 saturated heterocycles. The van der Waals surface area contributed by atoms with Crippen LogP contribution in [0.5, 0.6) is 0 Å². The van der Waals surface area contributed by atoms with Crippen LogP contribution >= 0.6 is 0 Å². The first-order valence-corrected chi connectivity index (χ1v) is 5.47. The van der Waals surface area contributed by atoms with Gasteiger partial charge in [-0.05, 0) is 30.7 Å². The molecule has 92 valence electrons. The van der Waals surface area contributed by atoms with Crippen LogP contribution in [0.15, 0.2) is 28.8 Å². The third-order valence-electron chi connectivity index (χ3n) is 2.97. The average Bonchev–Trinajstić information content (AvgIpc) is 3.02. The number of hydrogen-bond acceptors (Lipinski definition) is 4. The van der Waals surface area contributed by atoms with Gasteiger partial charge in [0, 0.05) is 5.56 Å². The summed E-state index contributed by atoms with van der Waals surface area (Å²) in [6, 6.07) is 5.71. The van der Waals surface area contributed by atoms with Crippen LogP contribution in [0.2, 0.25) is 0 Å². The number of carboxylic acids is 1. The second-order valence-electron chi connectivity index (χ2n) is 4.25. The van der Waals surface area contributed by atoms with Crippen LogP contribution in [0.1, 0.15) is 18.2 Å². The van der Waals surface area contributed by atoms with Crippen LogP contribution in [0, 0.1) is 11.7 Å². The zero-order valence-electron chi connectivity index (χ0n) is 9.21. The maximum absolute atomic E-state index is 12.8. The van der Waals surface area contributed by atoms with Crippen LogP contribution in [0.25, 0.3) is 11.4 Å². The van der Waals surface area contributed by atoms with E-state index in [-0.39, 0.29) is 11.7 Å². The van der Waals surface area contributed by atoms with E-state index in [4.69, 9.17) is 9.63 Å². The molecule has 1 aromatic carbocycles. The molecule has 0 radical (unpaired) electrons. The van der Waals surface area contributed by atoms with Crippen molar-refractivity contribution in [3.63, 3.8) is 0 Å². The Hall–Kier alpha value is -2.24. The highest BCUT2D eigenvalue weighted by molar-refractivity contribution is 5.74. The summed E-state index contributed by atoms with van der Waals surface area (Å²) < 4.78 is 17.8. The first-order valence-electron chi connectivity index (χ1n) is 5.47. The summed E-state index contributed by atoms with van der Waals surface area (Å²) >= 11 is 0. The maximum Gasteiger partial charge on any atom is 0.307 e. The van der Waals surface area contributed by atoms with E-state index >= 15 is 0 Å². The van der Waals surface area contributed by atoms with E-state index in [0.717, 1.165) is 0 Å². The Labute approximate surface area is 101 Å². The van der Waals surface area contributed by atoms with Crippen molar-refractivity contribution in [2.75, 3.05) is 0 Å². The number of aliphatic carboxylic acids is 1. The van der Waals surface area contributed by atoms with Crippen molar-refractivity contribution in [2.45, 2.75) is 12.3 Å². The number of benzene rings is 1. The minimum absolute atomic E-state index is 0.191. The van der Waals surface area contributed by atoms with Gasteiger partial charge in [0.2, 0.25) is 11.7 Å². The molecule has 2 unspecified atom stereocenters. The lowest BCUT2D eigenvalue weighted by Crippen LogP contribution is -1.98. The van der Waals surface area contributed by atoms with Gasteiger partial charge in [-0.15, -0.1) is 0 Å². The van der Waals surface area contributed by atoms with Crippen LogP contribution in [-0.2, 0) is 4.79 Å². The van der Waals surface area contributed by atoms with Crippen molar-refractivity contribution < 1.29 is 18.8 Å². The van der Waals surface area contributed by atoms with E-state index in [0.29, 0.717) is 23.7 Å². The quantitative estimate of drug-likeness (QED) is 0.899. The van der Waals surface area contributed by atoms with Crippen LogP contribution in [0.4, 0.5) is 4.39 Å². The molecule has 1 aromatic heterocycles. The number of carbonyl (C=O) groups is 1. The van der Waals surface area contributed by atoms with Gasteiger partial charge in [-0.1, -0.05) is 5.16 Å². The lowest BCUT2D eigenvalue weighted by Gasteiger charge is -1.92. The van der Waals surface area contributed by atoms with Gasteiger partial charge in [0.1, 0.15) is 5.82 Å². The molecule has 0 spiro atoms. The smallest absolute Gasteiger partial charge is 0.307 e. The normalized spacial score (nSPS) is 21.8. The summed E-state index contributed by atoms with van der Waals surface area (Å²) in [7, 11) is 0. The SMILES string of the molecule is O=C(O)C1CC1c1nc(-c2ccc(F)cc2)no1. The number of hydrogen-bond donors (Lipinski definition) is 1. The molecule has 0 bridgehead atoms. The molecule has 2 aromatic rings. The number of rotatable bonds is 3. The fourth-order valence-electron chi connectivity index (χ4n) is 1.84. The minimum atomic E-state index is -0.846. The lowest BCUT2D eigenvalue weighted by atomic mass is 10.2. The van der Waals surface area contributed by atoms with Gasteiger partial charge in [0.05, 0.1) is 11.8 Å². The van der Waals surface area contributed by atoms with Crippen molar-refractivity contribution in [3.05, 3.63) is 36.0 Å². The Bertz CT molecular complexity index is 594. The van der Waals surface area contributed by atoms with Crippen molar-refractivity contribution in [2.24, 2.45) is 5.92 Å². The highest BCUT2D eigenvalue weighted by atomic mass is 19.1. The second-order valence-corrected chi connectivity index (χ2v) is 4.25. The highest BCUT2D eigenvalue weighted by Crippen LogP contribution is 2.47. The van der Waals surface area contributed by atoms with Crippen molar-refractivity contribution in [1.82, 2.24) is 10.1 Å². The van der Waals surface area contributed by atoms with Crippen molar-refractivity contribution in [3.8, 4) is 11.4 Å². The predicted octanol–water partition coefficient (Wildman–Crippen LogP) is 2.06. The molecule has 6 heteroatoms. The van der Waals surface area contributed by atoms with Gasteiger partial charge in [0.25, 0.3) is 0 Å². The predicted molar refractivity (Wildman–Crippen MR) is 58.2 cm³/mol. The lowest BCUT2D eigenvalue weighted by molar-refractivity contribution is -0.138. The summed E-state index contributed by atoms with van der Waals surface area (Å²) in [5, 5.41) is 12.6. The highest BCUT2D eigenvalue weighted by Gasteiger charge is 2.48. The topological polar surface area (TPSA) is 76.2 Å². The van der Waals surface area contributed by atoms with Crippen molar-refractivity contribution >= 4 is 5.97 Å². The van der Waals surface area contributed by atoms with Gasteiger partial charge >= 0.3 is 5.97 Å². The van der Waals surface area contributed by atoms with Gasteiger partial charge in [0.15, 0.2) is 0 Å². The van der Waals surface area contributed by atoms with E-state index in [1.54, 1.807) is 12.1 Å².